The summed E-state index contributed by atoms with van der Waals surface area (Å²) in [6.45, 7) is 20.3. The summed E-state index contributed by atoms with van der Waals surface area (Å²) < 4.78 is 5.33. The summed E-state index contributed by atoms with van der Waals surface area (Å²) in [4.78, 5) is 61.3. The Kier molecular flexibility index (Phi) is 19.0. The van der Waals surface area contributed by atoms with Crippen LogP contribution in [0.15, 0.2) is 10.8 Å². The molecular weight excluding hydrogens is 691 g/mol. The fourth-order valence-corrected chi connectivity index (χ4v) is 6.90. The van der Waals surface area contributed by atoms with Crippen molar-refractivity contribution >= 4 is 46.5 Å². The molecule has 0 radical (unpaired) electrons. The maximum atomic E-state index is 13.8. The van der Waals surface area contributed by atoms with Crippen molar-refractivity contribution in [3.63, 3.8) is 0 Å². The standard InChI is InChI=1S/C36H61N7O6S2/c1-20(2)11-27(29(44)13-24(8)33(45)43-32(22(5)6)35(47)38-14-21(3)4)42-34(46)28(37-15-23(7)12-30-40-25(9)18-50-30)16-39-36(48)49-17-31-41-26(10)19-51-31/h18-24,27-29,32,37,44H,11-17H2,1-10H3,(H,38,47)(H,39,48)(H,42,46)(H,43,45). The molecule has 2 rings (SSSR count). The van der Waals surface area contributed by atoms with E-state index >= 15 is 0 Å². The van der Waals surface area contributed by atoms with Gasteiger partial charge in [-0.15, -0.1) is 22.7 Å². The second kappa shape index (κ2) is 22.0. The van der Waals surface area contributed by atoms with Gasteiger partial charge in [0.2, 0.25) is 17.7 Å². The minimum Gasteiger partial charge on any atom is -0.442 e. The number of ether oxygens (including phenoxy) is 1. The normalized spacial score (nSPS) is 15.2. The number of amides is 4. The Labute approximate surface area is 311 Å². The highest BCUT2D eigenvalue weighted by Gasteiger charge is 2.31. The number of thiazole rings is 2. The molecule has 0 saturated carbocycles. The number of hydrogen-bond donors (Lipinski definition) is 6. The molecule has 0 fully saturated rings. The van der Waals surface area contributed by atoms with Crippen LogP contribution >= 0.6 is 22.7 Å². The molecule has 0 bridgehead atoms. The smallest absolute Gasteiger partial charge is 0.407 e. The summed E-state index contributed by atoms with van der Waals surface area (Å²) in [6, 6.07) is -2.21. The zero-order chi connectivity index (χ0) is 38.2. The summed E-state index contributed by atoms with van der Waals surface area (Å²) in [7, 11) is 0. The van der Waals surface area contributed by atoms with Crippen molar-refractivity contribution in [1.82, 2.24) is 36.6 Å². The van der Waals surface area contributed by atoms with Crippen LogP contribution in [0.2, 0.25) is 0 Å². The van der Waals surface area contributed by atoms with Crippen LogP contribution in [0, 0.1) is 43.4 Å². The van der Waals surface area contributed by atoms with Gasteiger partial charge in [0.15, 0.2) is 0 Å². The molecule has 15 heteroatoms. The molecule has 6 N–H and O–H groups in total. The van der Waals surface area contributed by atoms with E-state index in [4.69, 9.17) is 4.74 Å². The SMILES string of the molecule is Cc1csc(COC(=O)NCC(NCC(C)Cc2nc(C)cs2)C(=O)NC(CC(C)C)C(O)CC(C)C(=O)NC(C(=O)NCC(C)C)C(C)C)n1. The van der Waals surface area contributed by atoms with Crippen molar-refractivity contribution in [2.45, 2.75) is 119 Å². The molecule has 0 aliphatic rings. The van der Waals surface area contributed by atoms with Crippen LogP contribution in [0.25, 0.3) is 0 Å². The second-order valence-corrected chi connectivity index (χ2v) is 16.7. The molecule has 0 aliphatic carbocycles. The summed E-state index contributed by atoms with van der Waals surface area (Å²) in [5.41, 5.74) is 1.82. The summed E-state index contributed by atoms with van der Waals surface area (Å²) in [6.07, 6.45) is -0.455. The van der Waals surface area contributed by atoms with Crippen LogP contribution in [0.1, 0.15) is 89.6 Å². The van der Waals surface area contributed by atoms with Crippen LogP contribution in [-0.2, 0) is 32.1 Å². The number of aromatic nitrogens is 2. The van der Waals surface area contributed by atoms with Gasteiger partial charge < -0.3 is 36.4 Å². The first-order valence-corrected chi connectivity index (χ1v) is 19.7. The average Bonchev–Trinajstić information content (AvgIpc) is 3.66. The molecule has 2 heterocycles. The first kappa shape index (κ1) is 44.0. The van der Waals surface area contributed by atoms with Gasteiger partial charge in [0.1, 0.15) is 23.7 Å². The van der Waals surface area contributed by atoms with Crippen molar-refractivity contribution in [2.75, 3.05) is 19.6 Å². The van der Waals surface area contributed by atoms with Crippen molar-refractivity contribution in [2.24, 2.45) is 29.6 Å². The van der Waals surface area contributed by atoms with Gasteiger partial charge in [0, 0.05) is 47.6 Å². The number of carbonyl (C=O) groups is 4. The number of nitrogens with one attached hydrogen (secondary N) is 5. The lowest BCUT2D eigenvalue weighted by molar-refractivity contribution is -0.132. The van der Waals surface area contributed by atoms with E-state index in [-0.39, 0.29) is 55.1 Å². The number of alkyl carbamates (subject to hydrolysis) is 1. The van der Waals surface area contributed by atoms with Gasteiger partial charge in [-0.1, -0.05) is 55.4 Å². The molecule has 0 spiro atoms. The molecule has 0 saturated heterocycles. The third kappa shape index (κ3) is 16.8. The molecule has 51 heavy (non-hydrogen) atoms. The lowest BCUT2D eigenvalue weighted by Gasteiger charge is -2.30. The molecule has 0 aliphatic heterocycles. The van der Waals surface area contributed by atoms with Gasteiger partial charge in [-0.05, 0) is 56.9 Å². The fourth-order valence-electron chi connectivity index (χ4n) is 5.28. The highest BCUT2D eigenvalue weighted by molar-refractivity contribution is 7.09. The largest absolute Gasteiger partial charge is 0.442 e. The third-order valence-electron chi connectivity index (χ3n) is 8.15. The zero-order valence-electron chi connectivity index (χ0n) is 32.0. The van der Waals surface area contributed by atoms with Gasteiger partial charge in [0.25, 0.3) is 0 Å². The highest BCUT2D eigenvalue weighted by atomic mass is 32.1. The Morgan fingerprint density at radius 2 is 1.39 bits per heavy atom. The van der Waals surface area contributed by atoms with Crippen LogP contribution in [0.5, 0.6) is 0 Å². The molecule has 13 nitrogen and oxygen atoms in total. The summed E-state index contributed by atoms with van der Waals surface area (Å²) >= 11 is 3.00. The lowest BCUT2D eigenvalue weighted by Crippen LogP contribution is -2.56. The quantitative estimate of drug-likeness (QED) is 0.103. The maximum absolute atomic E-state index is 13.8. The molecule has 0 aromatic carbocycles. The van der Waals surface area contributed by atoms with Gasteiger partial charge in [-0.2, -0.15) is 0 Å². The fraction of sp³-hybridized carbons (Fsp3) is 0.722. The topological polar surface area (TPSA) is 184 Å². The molecule has 2 aromatic rings. The van der Waals surface area contributed by atoms with Crippen molar-refractivity contribution in [3.8, 4) is 0 Å². The maximum Gasteiger partial charge on any atom is 0.407 e. The van der Waals surface area contributed by atoms with Gasteiger partial charge in [-0.3, -0.25) is 14.4 Å². The summed E-state index contributed by atoms with van der Waals surface area (Å²) in [5.74, 6) is -1.21. The van der Waals surface area contributed by atoms with Crippen LogP contribution in [-0.4, -0.2) is 82.8 Å². The van der Waals surface area contributed by atoms with E-state index < -0.39 is 42.1 Å². The van der Waals surface area contributed by atoms with Gasteiger partial charge in [-0.25, -0.2) is 14.8 Å². The minimum atomic E-state index is -1.04. The van der Waals surface area contributed by atoms with Gasteiger partial charge in [0.05, 0.1) is 17.2 Å². The third-order valence-corrected chi connectivity index (χ3v) is 10.1. The van der Waals surface area contributed by atoms with E-state index in [9.17, 15) is 24.3 Å². The number of aliphatic hydroxyl groups excluding tert-OH is 1. The van der Waals surface area contributed by atoms with E-state index in [2.05, 4.69) is 43.5 Å². The highest BCUT2D eigenvalue weighted by Crippen LogP contribution is 2.18. The Balaban J connectivity index is 2.10. The summed E-state index contributed by atoms with van der Waals surface area (Å²) in [5, 5.41) is 31.7. The number of aryl methyl sites for hydroxylation is 2. The number of nitrogens with zero attached hydrogens (tertiary/aromatic N) is 2. The molecule has 288 valence electrons. The van der Waals surface area contributed by atoms with Crippen LogP contribution in [0.4, 0.5) is 4.79 Å². The number of carbonyl (C=O) groups excluding carboxylic acids is 4. The Morgan fingerprint density at radius 3 is 1.94 bits per heavy atom. The molecule has 2 aromatic heterocycles. The van der Waals surface area contributed by atoms with E-state index in [0.29, 0.717) is 24.5 Å². The van der Waals surface area contributed by atoms with Crippen LogP contribution < -0.4 is 26.6 Å². The lowest BCUT2D eigenvalue weighted by atomic mass is 9.91. The number of hydrogen-bond acceptors (Lipinski definition) is 11. The first-order valence-electron chi connectivity index (χ1n) is 18.0. The minimum absolute atomic E-state index is 0.0217. The Hall–Kier alpha value is -3.14. The van der Waals surface area contributed by atoms with E-state index in [0.717, 1.165) is 22.8 Å². The number of rotatable bonds is 22. The molecular formula is C36H61N7O6S2. The molecule has 4 amide bonds. The first-order chi connectivity index (χ1) is 23.9. The number of aliphatic hydroxyl groups is 1. The predicted molar refractivity (Wildman–Crippen MR) is 202 cm³/mol. The second-order valence-electron chi connectivity index (χ2n) is 14.8. The van der Waals surface area contributed by atoms with Gasteiger partial charge >= 0.3 is 6.09 Å². The van der Waals surface area contributed by atoms with E-state index in [1.807, 2.05) is 66.2 Å². The Morgan fingerprint density at radius 1 is 0.765 bits per heavy atom. The van der Waals surface area contributed by atoms with Crippen LogP contribution in [0.3, 0.4) is 0 Å². The Bertz CT molecular complexity index is 1380. The average molecular weight is 752 g/mol. The van der Waals surface area contributed by atoms with E-state index in [1.54, 1.807) is 18.3 Å². The molecule has 6 atom stereocenters. The monoisotopic (exact) mass is 751 g/mol. The van der Waals surface area contributed by atoms with Crippen molar-refractivity contribution < 1.29 is 29.0 Å². The van der Waals surface area contributed by atoms with Crippen molar-refractivity contribution in [3.05, 3.63) is 32.2 Å². The van der Waals surface area contributed by atoms with Crippen molar-refractivity contribution in [1.29, 1.82) is 0 Å². The zero-order valence-corrected chi connectivity index (χ0v) is 33.6. The van der Waals surface area contributed by atoms with E-state index in [1.165, 1.54) is 11.3 Å². The predicted octanol–water partition coefficient (Wildman–Crippen LogP) is 4.11. The molecule has 6 unspecified atom stereocenters.